The van der Waals surface area contributed by atoms with Crippen molar-refractivity contribution in [2.75, 3.05) is 13.7 Å². The van der Waals surface area contributed by atoms with Gasteiger partial charge in [0.2, 0.25) is 0 Å². The van der Waals surface area contributed by atoms with E-state index in [0.717, 1.165) is 34.7 Å². The molecule has 0 bridgehead atoms. The number of aryl methyl sites for hydroxylation is 1. The van der Waals surface area contributed by atoms with Crippen LogP contribution in [0.15, 0.2) is 33.4 Å². The lowest BCUT2D eigenvalue weighted by atomic mass is 9.97. The minimum Gasteiger partial charge on any atom is -0.496 e. The lowest BCUT2D eigenvalue weighted by Gasteiger charge is -2.21. The molecule has 1 aromatic carbocycles. The van der Waals surface area contributed by atoms with Crippen molar-refractivity contribution in [1.82, 2.24) is 5.32 Å². The van der Waals surface area contributed by atoms with Crippen molar-refractivity contribution in [3.8, 4) is 5.75 Å². The molecular formula is C17H22BrNO2. The van der Waals surface area contributed by atoms with E-state index in [2.05, 4.69) is 54.2 Å². The van der Waals surface area contributed by atoms with Gasteiger partial charge in [0.05, 0.1) is 13.2 Å². The summed E-state index contributed by atoms with van der Waals surface area (Å²) in [7, 11) is 1.72. The Bertz CT molecular complexity index is 607. The van der Waals surface area contributed by atoms with Crippen LogP contribution in [-0.2, 0) is 0 Å². The molecule has 0 aliphatic heterocycles. The van der Waals surface area contributed by atoms with Crippen LogP contribution in [-0.4, -0.2) is 13.7 Å². The zero-order chi connectivity index (χ0) is 15.4. The molecule has 21 heavy (non-hydrogen) atoms. The maximum atomic E-state index is 5.77. The standard InChI is InChI=1S/C17H22BrNO2/c1-5-10-19-16(14-8-9-15(18)21-14)13-7-6-11(2)12(3)17(13)20-4/h6-9,16,19H,5,10H2,1-4H3. The van der Waals surface area contributed by atoms with Crippen molar-refractivity contribution in [1.29, 1.82) is 0 Å². The van der Waals surface area contributed by atoms with Crippen LogP contribution in [0.25, 0.3) is 0 Å². The Morgan fingerprint density at radius 2 is 2.00 bits per heavy atom. The molecule has 1 atom stereocenters. The van der Waals surface area contributed by atoms with Gasteiger partial charge < -0.3 is 14.5 Å². The highest BCUT2D eigenvalue weighted by Gasteiger charge is 2.22. The zero-order valence-electron chi connectivity index (χ0n) is 13.0. The number of rotatable bonds is 6. The summed E-state index contributed by atoms with van der Waals surface area (Å²) in [5, 5.41) is 3.54. The first-order valence-corrected chi connectivity index (χ1v) is 8.00. The fourth-order valence-corrected chi connectivity index (χ4v) is 2.76. The second-order valence-corrected chi connectivity index (χ2v) is 5.94. The van der Waals surface area contributed by atoms with Gasteiger partial charge in [0.25, 0.3) is 0 Å². The van der Waals surface area contributed by atoms with Crippen LogP contribution in [0.2, 0.25) is 0 Å². The van der Waals surface area contributed by atoms with E-state index in [-0.39, 0.29) is 6.04 Å². The third kappa shape index (κ3) is 3.50. The highest BCUT2D eigenvalue weighted by molar-refractivity contribution is 9.10. The Labute approximate surface area is 134 Å². The molecule has 0 saturated heterocycles. The minimum absolute atomic E-state index is 0.00880. The fourth-order valence-electron chi connectivity index (χ4n) is 2.45. The molecule has 1 aromatic heterocycles. The first-order chi connectivity index (χ1) is 10.1. The number of methoxy groups -OCH3 is 1. The van der Waals surface area contributed by atoms with E-state index in [1.54, 1.807) is 7.11 Å². The third-order valence-corrected chi connectivity index (χ3v) is 4.13. The summed E-state index contributed by atoms with van der Waals surface area (Å²) >= 11 is 3.38. The van der Waals surface area contributed by atoms with Crippen LogP contribution in [0.3, 0.4) is 0 Å². The highest BCUT2D eigenvalue weighted by Crippen LogP contribution is 2.35. The van der Waals surface area contributed by atoms with Crippen LogP contribution < -0.4 is 10.1 Å². The highest BCUT2D eigenvalue weighted by atomic mass is 79.9. The Morgan fingerprint density at radius 3 is 2.57 bits per heavy atom. The molecule has 114 valence electrons. The molecular weight excluding hydrogens is 330 g/mol. The van der Waals surface area contributed by atoms with Crippen LogP contribution >= 0.6 is 15.9 Å². The van der Waals surface area contributed by atoms with Crippen molar-refractivity contribution < 1.29 is 9.15 Å². The molecule has 0 radical (unpaired) electrons. The van der Waals surface area contributed by atoms with Crippen LogP contribution in [0.1, 0.15) is 41.8 Å². The first-order valence-electron chi connectivity index (χ1n) is 7.21. The fraction of sp³-hybridized carbons (Fsp3) is 0.412. The predicted molar refractivity (Wildman–Crippen MR) is 89.0 cm³/mol. The quantitative estimate of drug-likeness (QED) is 0.814. The van der Waals surface area contributed by atoms with E-state index in [1.165, 1.54) is 11.1 Å². The normalized spacial score (nSPS) is 12.4. The molecule has 1 unspecified atom stereocenters. The summed E-state index contributed by atoms with van der Waals surface area (Å²) < 4.78 is 12.2. The summed E-state index contributed by atoms with van der Waals surface area (Å²) in [4.78, 5) is 0. The summed E-state index contributed by atoms with van der Waals surface area (Å²) in [5.74, 6) is 1.81. The molecule has 2 aromatic rings. The largest absolute Gasteiger partial charge is 0.496 e. The van der Waals surface area contributed by atoms with Crippen LogP contribution in [0.5, 0.6) is 5.75 Å². The summed E-state index contributed by atoms with van der Waals surface area (Å²) in [5.41, 5.74) is 3.50. The molecule has 1 N–H and O–H groups in total. The Balaban J connectivity index is 2.48. The van der Waals surface area contributed by atoms with E-state index in [9.17, 15) is 0 Å². The molecule has 0 fully saturated rings. The molecule has 4 heteroatoms. The van der Waals surface area contributed by atoms with E-state index in [4.69, 9.17) is 9.15 Å². The van der Waals surface area contributed by atoms with Crippen LogP contribution in [0.4, 0.5) is 0 Å². The van der Waals surface area contributed by atoms with E-state index >= 15 is 0 Å². The summed E-state index contributed by atoms with van der Waals surface area (Å²) in [6.45, 7) is 7.25. The van der Waals surface area contributed by atoms with Crippen molar-refractivity contribution >= 4 is 15.9 Å². The number of furan rings is 1. The summed E-state index contributed by atoms with van der Waals surface area (Å²) in [6.07, 6.45) is 1.06. The molecule has 0 aliphatic rings. The maximum Gasteiger partial charge on any atom is 0.169 e. The SMILES string of the molecule is CCCNC(c1ccc(Br)o1)c1ccc(C)c(C)c1OC. The number of hydrogen-bond donors (Lipinski definition) is 1. The molecule has 0 aliphatic carbocycles. The van der Waals surface area contributed by atoms with Gasteiger partial charge in [-0.3, -0.25) is 0 Å². The van der Waals surface area contributed by atoms with Gasteiger partial charge in [-0.15, -0.1) is 0 Å². The van der Waals surface area contributed by atoms with Gasteiger partial charge in [0.1, 0.15) is 11.5 Å². The van der Waals surface area contributed by atoms with Gasteiger partial charge in [-0.2, -0.15) is 0 Å². The second-order valence-electron chi connectivity index (χ2n) is 5.16. The predicted octanol–water partition coefficient (Wildman–Crippen LogP) is 4.76. The van der Waals surface area contributed by atoms with E-state index in [1.807, 2.05) is 12.1 Å². The van der Waals surface area contributed by atoms with Gasteiger partial charge in [-0.1, -0.05) is 19.1 Å². The Hall–Kier alpha value is -1.26. The smallest absolute Gasteiger partial charge is 0.169 e. The lowest BCUT2D eigenvalue weighted by Crippen LogP contribution is -2.23. The van der Waals surface area contributed by atoms with Gasteiger partial charge in [-0.25, -0.2) is 0 Å². The molecule has 0 saturated carbocycles. The monoisotopic (exact) mass is 351 g/mol. The number of nitrogens with one attached hydrogen (secondary N) is 1. The second kappa shape index (κ2) is 7.14. The van der Waals surface area contributed by atoms with Gasteiger partial charge >= 0.3 is 0 Å². The van der Waals surface area contributed by atoms with Gasteiger partial charge in [0, 0.05) is 5.56 Å². The Morgan fingerprint density at radius 1 is 1.24 bits per heavy atom. The third-order valence-electron chi connectivity index (χ3n) is 3.70. The van der Waals surface area contributed by atoms with E-state index < -0.39 is 0 Å². The first kappa shape index (κ1) is 16.1. The average molecular weight is 352 g/mol. The van der Waals surface area contributed by atoms with E-state index in [0.29, 0.717) is 0 Å². The van der Waals surface area contributed by atoms with Crippen molar-refractivity contribution in [2.24, 2.45) is 0 Å². The zero-order valence-corrected chi connectivity index (χ0v) is 14.6. The molecule has 1 heterocycles. The van der Waals surface area contributed by atoms with Gasteiger partial charge in [-0.05, 0) is 66.0 Å². The van der Waals surface area contributed by atoms with Crippen molar-refractivity contribution in [2.45, 2.75) is 33.2 Å². The topological polar surface area (TPSA) is 34.4 Å². The minimum atomic E-state index is -0.00880. The maximum absolute atomic E-state index is 5.77. The number of benzene rings is 1. The van der Waals surface area contributed by atoms with Crippen LogP contribution in [0, 0.1) is 13.8 Å². The Kier molecular flexibility index (Phi) is 5.48. The molecule has 0 spiro atoms. The van der Waals surface area contributed by atoms with Crippen molar-refractivity contribution in [3.63, 3.8) is 0 Å². The summed E-state index contributed by atoms with van der Waals surface area (Å²) in [6, 6.07) is 8.15. The number of ether oxygens (including phenoxy) is 1. The molecule has 2 rings (SSSR count). The lowest BCUT2D eigenvalue weighted by molar-refractivity contribution is 0.387. The average Bonchev–Trinajstić information content (AvgIpc) is 2.89. The number of halogens is 1. The molecule has 0 amide bonds. The van der Waals surface area contributed by atoms with Gasteiger partial charge in [0.15, 0.2) is 4.67 Å². The number of hydrogen-bond acceptors (Lipinski definition) is 3. The van der Waals surface area contributed by atoms with Crippen molar-refractivity contribution in [3.05, 3.63) is 51.4 Å². The molecule has 3 nitrogen and oxygen atoms in total.